The third-order valence-corrected chi connectivity index (χ3v) is 4.44. The molecule has 0 unspecified atom stereocenters. The first-order valence-corrected chi connectivity index (χ1v) is 10.6. The Morgan fingerprint density at radius 3 is 2.57 bits per heavy atom. The van der Waals surface area contributed by atoms with Crippen LogP contribution >= 0.6 is 12.4 Å². The SMILES string of the molecule is CCOc1cc(CNCCCN2CCOCC2)ccc1OCC(=O)NC(C)(C)C.Cl. The minimum atomic E-state index is -0.277. The quantitative estimate of drug-likeness (QED) is 0.512. The van der Waals surface area contributed by atoms with Gasteiger partial charge in [-0.1, -0.05) is 6.07 Å². The van der Waals surface area contributed by atoms with Crippen LogP contribution in [0.1, 0.15) is 39.7 Å². The van der Waals surface area contributed by atoms with E-state index in [1.54, 1.807) is 0 Å². The summed E-state index contributed by atoms with van der Waals surface area (Å²) in [7, 11) is 0. The highest BCUT2D eigenvalue weighted by Crippen LogP contribution is 2.28. The fourth-order valence-electron chi connectivity index (χ4n) is 3.13. The third kappa shape index (κ3) is 10.5. The number of carbonyl (C=O) groups excluding carboxylic acids is 1. The van der Waals surface area contributed by atoms with E-state index in [4.69, 9.17) is 14.2 Å². The molecular formula is C22H38ClN3O4. The summed E-state index contributed by atoms with van der Waals surface area (Å²) >= 11 is 0. The molecule has 7 nitrogen and oxygen atoms in total. The maximum absolute atomic E-state index is 12.0. The molecule has 2 N–H and O–H groups in total. The second-order valence-corrected chi connectivity index (χ2v) is 8.29. The van der Waals surface area contributed by atoms with Crippen LogP contribution in [-0.4, -0.2) is 69.0 Å². The van der Waals surface area contributed by atoms with Crippen molar-refractivity contribution in [1.29, 1.82) is 0 Å². The summed E-state index contributed by atoms with van der Waals surface area (Å²) in [6.45, 7) is 14.9. The van der Waals surface area contributed by atoms with Crippen molar-refractivity contribution in [2.24, 2.45) is 0 Å². The first kappa shape index (κ1) is 26.5. The predicted molar refractivity (Wildman–Crippen MR) is 122 cm³/mol. The molecule has 0 radical (unpaired) electrons. The van der Waals surface area contributed by atoms with Crippen LogP contribution < -0.4 is 20.1 Å². The zero-order valence-electron chi connectivity index (χ0n) is 18.8. The molecule has 1 amide bonds. The third-order valence-electron chi connectivity index (χ3n) is 4.44. The lowest BCUT2D eigenvalue weighted by Crippen LogP contribution is -2.43. The normalized spacial score (nSPS) is 14.7. The Labute approximate surface area is 187 Å². The van der Waals surface area contributed by atoms with Crippen molar-refractivity contribution in [2.75, 3.05) is 52.6 Å². The van der Waals surface area contributed by atoms with E-state index < -0.39 is 0 Å². The van der Waals surface area contributed by atoms with E-state index in [2.05, 4.69) is 15.5 Å². The minimum Gasteiger partial charge on any atom is -0.490 e. The van der Waals surface area contributed by atoms with Crippen LogP contribution in [0, 0.1) is 0 Å². The predicted octanol–water partition coefficient (Wildman–Crippen LogP) is 2.61. The molecule has 1 aliphatic rings. The summed E-state index contributed by atoms with van der Waals surface area (Å²) in [6, 6.07) is 5.87. The molecule has 2 rings (SSSR count). The molecule has 30 heavy (non-hydrogen) atoms. The highest BCUT2D eigenvalue weighted by molar-refractivity contribution is 5.85. The van der Waals surface area contributed by atoms with Crippen molar-refractivity contribution in [3.05, 3.63) is 23.8 Å². The zero-order valence-corrected chi connectivity index (χ0v) is 19.6. The molecule has 1 heterocycles. The van der Waals surface area contributed by atoms with E-state index in [-0.39, 0.29) is 30.5 Å². The monoisotopic (exact) mass is 443 g/mol. The van der Waals surface area contributed by atoms with Crippen LogP contribution in [0.4, 0.5) is 0 Å². The number of nitrogens with one attached hydrogen (secondary N) is 2. The highest BCUT2D eigenvalue weighted by atomic mass is 35.5. The smallest absolute Gasteiger partial charge is 0.258 e. The van der Waals surface area contributed by atoms with Gasteiger partial charge in [-0.15, -0.1) is 12.4 Å². The van der Waals surface area contributed by atoms with Gasteiger partial charge in [0.15, 0.2) is 18.1 Å². The summed E-state index contributed by atoms with van der Waals surface area (Å²) in [6.07, 6.45) is 1.11. The number of nitrogens with zero attached hydrogens (tertiary/aromatic N) is 1. The van der Waals surface area contributed by atoms with Gasteiger partial charge in [-0.05, 0) is 64.9 Å². The summed E-state index contributed by atoms with van der Waals surface area (Å²) < 4.78 is 16.8. The van der Waals surface area contributed by atoms with Gasteiger partial charge in [0.25, 0.3) is 5.91 Å². The van der Waals surface area contributed by atoms with Crippen molar-refractivity contribution in [3.63, 3.8) is 0 Å². The van der Waals surface area contributed by atoms with Gasteiger partial charge >= 0.3 is 0 Å². The van der Waals surface area contributed by atoms with Crippen molar-refractivity contribution in [2.45, 2.75) is 46.2 Å². The number of hydrogen-bond acceptors (Lipinski definition) is 6. The molecule has 0 aliphatic carbocycles. The summed E-state index contributed by atoms with van der Waals surface area (Å²) in [4.78, 5) is 14.4. The molecule has 1 fully saturated rings. The molecule has 1 saturated heterocycles. The number of halogens is 1. The second-order valence-electron chi connectivity index (χ2n) is 8.29. The van der Waals surface area contributed by atoms with Crippen LogP contribution in [0.15, 0.2) is 18.2 Å². The number of morpholine rings is 1. The second kappa shape index (κ2) is 13.7. The summed E-state index contributed by atoms with van der Waals surface area (Å²) in [5.74, 6) is 1.11. The zero-order chi connectivity index (χ0) is 21.1. The highest BCUT2D eigenvalue weighted by Gasteiger charge is 2.15. The molecule has 0 atom stereocenters. The number of benzene rings is 1. The number of ether oxygens (including phenoxy) is 3. The van der Waals surface area contributed by atoms with Gasteiger partial charge in [-0.3, -0.25) is 9.69 Å². The van der Waals surface area contributed by atoms with Crippen LogP contribution in [0.25, 0.3) is 0 Å². The molecule has 172 valence electrons. The van der Waals surface area contributed by atoms with Crippen molar-refractivity contribution in [1.82, 2.24) is 15.5 Å². The van der Waals surface area contributed by atoms with Crippen LogP contribution in [-0.2, 0) is 16.1 Å². The number of hydrogen-bond donors (Lipinski definition) is 2. The van der Waals surface area contributed by atoms with E-state index in [1.807, 2.05) is 45.9 Å². The molecule has 0 bridgehead atoms. The minimum absolute atomic E-state index is 0. The molecule has 1 aliphatic heterocycles. The van der Waals surface area contributed by atoms with Crippen molar-refractivity contribution in [3.8, 4) is 11.5 Å². The maximum Gasteiger partial charge on any atom is 0.258 e. The molecule has 0 aromatic heterocycles. The Morgan fingerprint density at radius 1 is 1.17 bits per heavy atom. The van der Waals surface area contributed by atoms with Crippen molar-refractivity contribution >= 4 is 18.3 Å². The van der Waals surface area contributed by atoms with Gasteiger partial charge in [-0.25, -0.2) is 0 Å². The van der Waals surface area contributed by atoms with E-state index in [0.29, 0.717) is 18.1 Å². The van der Waals surface area contributed by atoms with Gasteiger partial charge in [0.1, 0.15) is 0 Å². The van der Waals surface area contributed by atoms with Gasteiger partial charge in [0.2, 0.25) is 0 Å². The van der Waals surface area contributed by atoms with E-state index in [9.17, 15) is 4.79 Å². The molecule has 1 aromatic rings. The van der Waals surface area contributed by atoms with Gasteiger partial charge in [-0.2, -0.15) is 0 Å². The molecule has 8 heteroatoms. The lowest BCUT2D eigenvalue weighted by atomic mass is 10.1. The fraction of sp³-hybridized carbons (Fsp3) is 0.682. The Balaban J connectivity index is 0.00000450. The molecule has 0 spiro atoms. The topological polar surface area (TPSA) is 72.1 Å². The van der Waals surface area contributed by atoms with Crippen LogP contribution in [0.5, 0.6) is 11.5 Å². The Kier molecular flexibility index (Phi) is 12.1. The van der Waals surface area contributed by atoms with Gasteiger partial charge in [0.05, 0.1) is 19.8 Å². The van der Waals surface area contributed by atoms with Gasteiger partial charge in [0, 0.05) is 25.2 Å². The maximum atomic E-state index is 12.0. The lowest BCUT2D eigenvalue weighted by molar-refractivity contribution is -0.124. The van der Waals surface area contributed by atoms with Crippen molar-refractivity contribution < 1.29 is 19.0 Å². The number of amides is 1. The Morgan fingerprint density at radius 2 is 1.90 bits per heavy atom. The van der Waals surface area contributed by atoms with E-state index >= 15 is 0 Å². The standard InChI is InChI=1S/C22H37N3O4.ClH/c1-5-28-20-15-18(16-23-9-6-10-25-11-13-27-14-12-25)7-8-19(20)29-17-21(26)24-22(2,3)4;/h7-8,15,23H,5-6,9-14,16-17H2,1-4H3,(H,24,26);1H. The average Bonchev–Trinajstić information content (AvgIpc) is 2.67. The lowest BCUT2D eigenvalue weighted by Gasteiger charge is -2.26. The first-order chi connectivity index (χ1) is 13.9. The summed E-state index contributed by atoms with van der Waals surface area (Å²) in [5.41, 5.74) is 0.854. The van der Waals surface area contributed by atoms with Gasteiger partial charge < -0.3 is 24.8 Å². The molecule has 0 saturated carbocycles. The van der Waals surface area contributed by atoms with Crippen LogP contribution in [0.3, 0.4) is 0 Å². The average molecular weight is 444 g/mol. The first-order valence-electron chi connectivity index (χ1n) is 10.6. The number of carbonyl (C=O) groups is 1. The molecule has 1 aromatic carbocycles. The molecular weight excluding hydrogens is 406 g/mol. The largest absolute Gasteiger partial charge is 0.490 e. The van der Waals surface area contributed by atoms with E-state index in [1.165, 1.54) is 0 Å². The number of rotatable bonds is 11. The Bertz CT molecular complexity index is 631. The van der Waals surface area contributed by atoms with E-state index in [0.717, 1.165) is 57.9 Å². The Hall–Kier alpha value is -1.54. The fourth-order valence-corrected chi connectivity index (χ4v) is 3.13. The van der Waals surface area contributed by atoms with Crippen LogP contribution in [0.2, 0.25) is 0 Å². The summed E-state index contributed by atoms with van der Waals surface area (Å²) in [5, 5.41) is 6.38.